The largest absolute Gasteiger partial charge is 0.392 e. The van der Waals surface area contributed by atoms with Gasteiger partial charge in [-0.25, -0.2) is 0 Å². The van der Waals surface area contributed by atoms with E-state index in [-0.39, 0.29) is 12.5 Å². The van der Waals surface area contributed by atoms with Crippen molar-refractivity contribution in [2.45, 2.75) is 20.0 Å². The third kappa shape index (κ3) is 3.42. The zero-order chi connectivity index (χ0) is 13.7. The van der Waals surface area contributed by atoms with Crippen molar-refractivity contribution in [3.63, 3.8) is 0 Å². The molecule has 0 radical (unpaired) electrons. The van der Waals surface area contributed by atoms with E-state index < -0.39 is 0 Å². The van der Waals surface area contributed by atoms with E-state index in [4.69, 9.17) is 5.11 Å². The summed E-state index contributed by atoms with van der Waals surface area (Å²) in [6.45, 7) is 2.08. The summed E-state index contributed by atoms with van der Waals surface area (Å²) in [5.74, 6) is -0.145. The average molecular weight is 255 g/mol. The number of carbonyl (C=O) groups is 1. The van der Waals surface area contributed by atoms with Crippen LogP contribution in [0.3, 0.4) is 0 Å². The molecule has 0 unspecified atom stereocenters. The van der Waals surface area contributed by atoms with Crippen LogP contribution in [0.15, 0.2) is 48.5 Å². The number of aliphatic hydroxyl groups is 1. The number of rotatable bonds is 4. The second-order valence-electron chi connectivity index (χ2n) is 4.36. The van der Waals surface area contributed by atoms with E-state index in [1.807, 2.05) is 24.3 Å². The molecule has 1 amide bonds. The summed E-state index contributed by atoms with van der Waals surface area (Å²) < 4.78 is 0. The lowest BCUT2D eigenvalue weighted by atomic mass is 10.1. The van der Waals surface area contributed by atoms with Crippen molar-refractivity contribution in [1.82, 2.24) is 0 Å². The molecule has 0 aliphatic heterocycles. The molecule has 0 bridgehead atoms. The van der Waals surface area contributed by atoms with E-state index in [0.29, 0.717) is 5.56 Å². The number of aryl methyl sites for hydroxylation is 1. The molecule has 3 nitrogen and oxygen atoms in total. The van der Waals surface area contributed by atoms with Crippen LogP contribution in [0.5, 0.6) is 0 Å². The Morgan fingerprint density at radius 2 is 1.58 bits per heavy atom. The summed E-state index contributed by atoms with van der Waals surface area (Å²) in [6, 6.07) is 14.7. The van der Waals surface area contributed by atoms with Gasteiger partial charge in [-0.1, -0.05) is 31.2 Å². The minimum absolute atomic E-state index is 0.0135. The quantitative estimate of drug-likeness (QED) is 0.882. The van der Waals surface area contributed by atoms with Gasteiger partial charge in [0.25, 0.3) is 5.91 Å². The number of anilines is 1. The van der Waals surface area contributed by atoms with Crippen LogP contribution in [-0.2, 0) is 13.0 Å². The first kappa shape index (κ1) is 13.3. The van der Waals surface area contributed by atoms with Crippen LogP contribution < -0.4 is 5.32 Å². The van der Waals surface area contributed by atoms with Crippen LogP contribution in [0.1, 0.15) is 28.4 Å². The number of amides is 1. The molecule has 2 N–H and O–H groups in total. The number of aliphatic hydroxyl groups excluding tert-OH is 1. The van der Waals surface area contributed by atoms with Gasteiger partial charge in [0, 0.05) is 11.3 Å². The van der Waals surface area contributed by atoms with Crippen molar-refractivity contribution in [2.75, 3.05) is 5.32 Å². The van der Waals surface area contributed by atoms with E-state index in [2.05, 4.69) is 12.2 Å². The first-order chi connectivity index (χ1) is 9.22. The van der Waals surface area contributed by atoms with Crippen LogP contribution in [0.25, 0.3) is 0 Å². The molecule has 0 saturated carbocycles. The molecule has 0 aromatic heterocycles. The molecule has 0 aliphatic rings. The number of nitrogens with one attached hydrogen (secondary N) is 1. The number of carbonyl (C=O) groups excluding carboxylic acids is 1. The van der Waals surface area contributed by atoms with Crippen molar-refractivity contribution in [1.29, 1.82) is 0 Å². The van der Waals surface area contributed by atoms with Crippen LogP contribution in [-0.4, -0.2) is 11.0 Å². The molecule has 0 heterocycles. The highest BCUT2D eigenvalue weighted by atomic mass is 16.3. The van der Waals surface area contributed by atoms with Gasteiger partial charge in [0.1, 0.15) is 0 Å². The molecular formula is C16H17NO2. The van der Waals surface area contributed by atoms with Gasteiger partial charge in [-0.15, -0.1) is 0 Å². The minimum atomic E-state index is -0.145. The van der Waals surface area contributed by atoms with Gasteiger partial charge < -0.3 is 10.4 Å². The van der Waals surface area contributed by atoms with Crippen LogP contribution >= 0.6 is 0 Å². The average Bonchev–Trinajstić information content (AvgIpc) is 2.48. The maximum absolute atomic E-state index is 12.0. The highest BCUT2D eigenvalue weighted by Crippen LogP contribution is 2.12. The Hall–Kier alpha value is -2.13. The lowest BCUT2D eigenvalue weighted by Crippen LogP contribution is -2.11. The van der Waals surface area contributed by atoms with Crippen LogP contribution in [0, 0.1) is 0 Å². The van der Waals surface area contributed by atoms with Crippen molar-refractivity contribution in [3.05, 3.63) is 65.2 Å². The lowest BCUT2D eigenvalue weighted by Gasteiger charge is -2.06. The Bertz CT molecular complexity index is 544. The fraction of sp³-hybridized carbons (Fsp3) is 0.188. The molecule has 0 spiro atoms. The molecule has 2 aromatic carbocycles. The van der Waals surface area contributed by atoms with Crippen molar-refractivity contribution < 1.29 is 9.90 Å². The summed E-state index contributed by atoms with van der Waals surface area (Å²) in [6.07, 6.45) is 0.983. The monoisotopic (exact) mass is 255 g/mol. The van der Waals surface area contributed by atoms with E-state index in [9.17, 15) is 4.79 Å². The summed E-state index contributed by atoms with van der Waals surface area (Å²) in [5.41, 5.74) is 3.40. The first-order valence-corrected chi connectivity index (χ1v) is 6.33. The first-order valence-electron chi connectivity index (χ1n) is 6.33. The van der Waals surface area contributed by atoms with Crippen LogP contribution in [0.2, 0.25) is 0 Å². The molecule has 3 heteroatoms. The van der Waals surface area contributed by atoms with Crippen molar-refractivity contribution >= 4 is 11.6 Å². The Morgan fingerprint density at radius 1 is 1.00 bits per heavy atom. The molecule has 0 aliphatic carbocycles. The number of benzene rings is 2. The summed E-state index contributed by atoms with van der Waals surface area (Å²) >= 11 is 0. The van der Waals surface area contributed by atoms with Gasteiger partial charge in [-0.2, -0.15) is 0 Å². The second kappa shape index (κ2) is 6.16. The molecule has 0 fully saturated rings. The zero-order valence-electron chi connectivity index (χ0n) is 10.9. The minimum Gasteiger partial charge on any atom is -0.392 e. The van der Waals surface area contributed by atoms with Gasteiger partial charge in [-0.3, -0.25) is 4.79 Å². The zero-order valence-corrected chi connectivity index (χ0v) is 10.9. The second-order valence-corrected chi connectivity index (χ2v) is 4.36. The summed E-state index contributed by atoms with van der Waals surface area (Å²) in [7, 11) is 0. The summed E-state index contributed by atoms with van der Waals surface area (Å²) in [4.78, 5) is 12.0. The Kier molecular flexibility index (Phi) is 4.31. The molecule has 0 saturated heterocycles. The van der Waals surface area contributed by atoms with E-state index in [1.54, 1.807) is 24.3 Å². The molecule has 98 valence electrons. The smallest absolute Gasteiger partial charge is 0.255 e. The Morgan fingerprint density at radius 3 is 2.11 bits per heavy atom. The lowest BCUT2D eigenvalue weighted by molar-refractivity contribution is 0.102. The van der Waals surface area contributed by atoms with Crippen LogP contribution in [0.4, 0.5) is 5.69 Å². The van der Waals surface area contributed by atoms with E-state index in [0.717, 1.165) is 17.7 Å². The fourth-order valence-corrected chi connectivity index (χ4v) is 1.79. The molecular weight excluding hydrogens is 238 g/mol. The van der Waals surface area contributed by atoms with Crippen molar-refractivity contribution in [3.8, 4) is 0 Å². The predicted octanol–water partition coefficient (Wildman–Crippen LogP) is 2.99. The normalized spacial score (nSPS) is 10.2. The third-order valence-corrected chi connectivity index (χ3v) is 3.02. The van der Waals surface area contributed by atoms with Gasteiger partial charge in [0.05, 0.1) is 6.61 Å². The molecule has 19 heavy (non-hydrogen) atoms. The van der Waals surface area contributed by atoms with Gasteiger partial charge in [0.2, 0.25) is 0 Å². The Labute approximate surface area is 112 Å². The number of hydrogen-bond donors (Lipinski definition) is 2. The highest BCUT2D eigenvalue weighted by molar-refractivity contribution is 6.04. The van der Waals surface area contributed by atoms with E-state index >= 15 is 0 Å². The van der Waals surface area contributed by atoms with Gasteiger partial charge in [-0.05, 0) is 41.8 Å². The maximum Gasteiger partial charge on any atom is 0.255 e. The van der Waals surface area contributed by atoms with Gasteiger partial charge >= 0.3 is 0 Å². The SMILES string of the molecule is CCc1ccc(NC(=O)c2ccc(CO)cc2)cc1. The number of hydrogen-bond acceptors (Lipinski definition) is 2. The third-order valence-electron chi connectivity index (χ3n) is 3.02. The Balaban J connectivity index is 2.06. The molecule has 0 atom stereocenters. The summed E-state index contributed by atoms with van der Waals surface area (Å²) in [5, 5.41) is 11.8. The van der Waals surface area contributed by atoms with E-state index in [1.165, 1.54) is 5.56 Å². The fourth-order valence-electron chi connectivity index (χ4n) is 1.79. The highest BCUT2D eigenvalue weighted by Gasteiger charge is 2.05. The van der Waals surface area contributed by atoms with Gasteiger partial charge in [0.15, 0.2) is 0 Å². The molecule has 2 rings (SSSR count). The predicted molar refractivity (Wildman–Crippen MR) is 76.1 cm³/mol. The van der Waals surface area contributed by atoms with Crippen molar-refractivity contribution in [2.24, 2.45) is 0 Å². The molecule has 2 aromatic rings. The topological polar surface area (TPSA) is 49.3 Å². The standard InChI is InChI=1S/C16H17NO2/c1-2-12-5-9-15(10-6-12)17-16(19)14-7-3-13(11-18)4-8-14/h3-10,18H,2,11H2,1H3,(H,17,19). The maximum atomic E-state index is 12.0.